The predicted molar refractivity (Wildman–Crippen MR) is 82.5 cm³/mol. The first kappa shape index (κ1) is 13.8. The quantitative estimate of drug-likeness (QED) is 0.672. The van der Waals surface area contributed by atoms with Gasteiger partial charge in [0.1, 0.15) is 17.3 Å². The van der Waals surface area contributed by atoms with E-state index in [4.69, 9.17) is 9.47 Å². The van der Waals surface area contributed by atoms with E-state index < -0.39 is 0 Å². The molecule has 0 bridgehead atoms. The van der Waals surface area contributed by atoms with E-state index in [9.17, 15) is 4.39 Å². The Kier molecular flexibility index (Phi) is 3.75. The molecule has 0 spiro atoms. The molecule has 0 fully saturated rings. The van der Waals surface area contributed by atoms with Gasteiger partial charge < -0.3 is 9.47 Å². The zero-order valence-electron chi connectivity index (χ0n) is 11.1. The maximum atomic E-state index is 13.4. The lowest BCUT2D eigenvalue weighted by atomic mass is 10.1. The molecule has 1 heterocycles. The van der Waals surface area contributed by atoms with Crippen LogP contribution in [0.4, 0.5) is 4.39 Å². The lowest BCUT2D eigenvalue weighted by Gasteiger charge is -2.10. The minimum absolute atomic E-state index is 0.378. The minimum Gasteiger partial charge on any atom is -0.496 e. The third-order valence-corrected chi connectivity index (χ3v) is 3.46. The second kappa shape index (κ2) is 5.69. The Balaban J connectivity index is 2.08. The molecular weight excluding hydrogens is 337 g/mol. The summed E-state index contributed by atoms with van der Waals surface area (Å²) in [5, 5.41) is 1.69. The van der Waals surface area contributed by atoms with Crippen molar-refractivity contribution in [1.29, 1.82) is 0 Å². The average Bonchev–Trinajstić information content (AvgIpc) is 2.46. The largest absolute Gasteiger partial charge is 0.496 e. The summed E-state index contributed by atoms with van der Waals surface area (Å²) in [5.74, 6) is 1.14. The number of pyridine rings is 1. The number of ether oxygens (including phenoxy) is 2. The van der Waals surface area contributed by atoms with E-state index in [-0.39, 0.29) is 5.82 Å². The van der Waals surface area contributed by atoms with Gasteiger partial charge in [0.2, 0.25) is 5.88 Å². The van der Waals surface area contributed by atoms with Crippen LogP contribution < -0.4 is 9.47 Å². The second-order valence-electron chi connectivity index (χ2n) is 4.38. The molecule has 0 saturated carbocycles. The van der Waals surface area contributed by atoms with Gasteiger partial charge in [-0.2, -0.15) is 0 Å². The summed E-state index contributed by atoms with van der Waals surface area (Å²) in [6.45, 7) is 0. The molecule has 3 nitrogen and oxygen atoms in total. The number of fused-ring (bicyclic) bond motifs is 1. The van der Waals surface area contributed by atoms with Crippen molar-refractivity contribution >= 4 is 26.7 Å². The first-order valence-corrected chi connectivity index (χ1v) is 7.02. The number of hydrogen-bond donors (Lipinski definition) is 0. The zero-order valence-corrected chi connectivity index (χ0v) is 12.7. The summed E-state index contributed by atoms with van der Waals surface area (Å²) >= 11 is 3.24. The van der Waals surface area contributed by atoms with Crippen molar-refractivity contribution in [2.75, 3.05) is 7.11 Å². The highest BCUT2D eigenvalue weighted by atomic mass is 79.9. The summed E-state index contributed by atoms with van der Waals surface area (Å²) in [4.78, 5) is 4.22. The van der Waals surface area contributed by atoms with Crippen LogP contribution in [0, 0.1) is 5.82 Å². The Morgan fingerprint density at radius 2 is 1.95 bits per heavy atom. The molecule has 3 aromatic rings. The summed E-state index contributed by atoms with van der Waals surface area (Å²) in [5.41, 5.74) is 0. The van der Waals surface area contributed by atoms with Gasteiger partial charge >= 0.3 is 0 Å². The molecule has 0 N–H and O–H groups in total. The van der Waals surface area contributed by atoms with Crippen molar-refractivity contribution in [2.24, 2.45) is 0 Å². The molecule has 1 aromatic heterocycles. The van der Waals surface area contributed by atoms with Crippen molar-refractivity contribution in [3.8, 4) is 17.4 Å². The van der Waals surface area contributed by atoms with Gasteiger partial charge in [-0.05, 0) is 30.3 Å². The molecule has 0 aliphatic rings. The fraction of sp³-hybridized carbons (Fsp3) is 0.0625. The maximum absolute atomic E-state index is 13.4. The molecule has 2 aromatic carbocycles. The highest BCUT2D eigenvalue weighted by Crippen LogP contribution is 2.33. The standard InChI is InChI=1S/C16H11BrFNO2/c1-20-15-4-2-3-14-13(15)5-6-19-16(14)21-12-8-10(17)7-11(18)9-12/h2-9H,1H3. The lowest BCUT2D eigenvalue weighted by molar-refractivity contribution is 0.419. The van der Waals surface area contributed by atoms with Gasteiger partial charge in [0, 0.05) is 27.5 Å². The maximum Gasteiger partial charge on any atom is 0.227 e. The molecule has 0 amide bonds. The van der Waals surface area contributed by atoms with Crippen LogP contribution in [0.5, 0.6) is 17.4 Å². The first-order chi connectivity index (χ1) is 10.2. The predicted octanol–water partition coefficient (Wildman–Crippen LogP) is 4.94. The molecule has 0 aliphatic heterocycles. The number of aromatic nitrogens is 1. The van der Waals surface area contributed by atoms with Crippen LogP contribution >= 0.6 is 15.9 Å². The van der Waals surface area contributed by atoms with E-state index in [0.29, 0.717) is 16.1 Å². The van der Waals surface area contributed by atoms with Crippen molar-refractivity contribution in [2.45, 2.75) is 0 Å². The van der Waals surface area contributed by atoms with Crippen molar-refractivity contribution in [3.05, 3.63) is 59.0 Å². The Hall–Kier alpha value is -2.14. The number of benzene rings is 2. The summed E-state index contributed by atoms with van der Waals surface area (Å²) in [6.07, 6.45) is 1.63. The summed E-state index contributed by atoms with van der Waals surface area (Å²) in [7, 11) is 1.61. The Morgan fingerprint density at radius 1 is 1.10 bits per heavy atom. The molecule has 0 radical (unpaired) electrons. The minimum atomic E-state index is -0.378. The van der Waals surface area contributed by atoms with Crippen LogP contribution in [0.25, 0.3) is 10.8 Å². The normalized spacial score (nSPS) is 10.6. The van der Waals surface area contributed by atoms with Crippen LogP contribution in [0.3, 0.4) is 0 Å². The van der Waals surface area contributed by atoms with Gasteiger partial charge in [-0.25, -0.2) is 9.37 Å². The van der Waals surface area contributed by atoms with E-state index >= 15 is 0 Å². The molecule has 106 valence electrons. The van der Waals surface area contributed by atoms with Gasteiger partial charge in [0.25, 0.3) is 0 Å². The number of hydrogen-bond acceptors (Lipinski definition) is 3. The van der Waals surface area contributed by atoms with Crippen LogP contribution in [-0.4, -0.2) is 12.1 Å². The molecule has 0 unspecified atom stereocenters. The van der Waals surface area contributed by atoms with E-state index in [0.717, 1.165) is 16.5 Å². The fourth-order valence-electron chi connectivity index (χ4n) is 2.11. The molecule has 0 aliphatic carbocycles. The molecule has 21 heavy (non-hydrogen) atoms. The SMILES string of the molecule is COc1cccc2c(Oc3cc(F)cc(Br)c3)nccc12. The molecular formula is C16H11BrFNO2. The number of halogens is 2. The third kappa shape index (κ3) is 2.83. The molecule has 0 saturated heterocycles. The first-order valence-electron chi connectivity index (χ1n) is 6.23. The van der Waals surface area contributed by atoms with Crippen LogP contribution in [0.2, 0.25) is 0 Å². The Labute approximate surface area is 129 Å². The monoisotopic (exact) mass is 347 g/mol. The number of methoxy groups -OCH3 is 1. The zero-order chi connectivity index (χ0) is 14.8. The van der Waals surface area contributed by atoms with Gasteiger partial charge in [-0.15, -0.1) is 0 Å². The van der Waals surface area contributed by atoms with E-state index in [1.54, 1.807) is 19.4 Å². The lowest BCUT2D eigenvalue weighted by Crippen LogP contribution is -1.92. The Bertz CT molecular complexity index is 787. The van der Waals surface area contributed by atoms with E-state index in [2.05, 4.69) is 20.9 Å². The van der Waals surface area contributed by atoms with Crippen LogP contribution in [0.1, 0.15) is 0 Å². The van der Waals surface area contributed by atoms with Crippen molar-refractivity contribution < 1.29 is 13.9 Å². The van der Waals surface area contributed by atoms with Crippen LogP contribution in [0.15, 0.2) is 53.1 Å². The summed E-state index contributed by atoms with van der Waals surface area (Å²) < 4.78 is 25.1. The smallest absolute Gasteiger partial charge is 0.227 e. The van der Waals surface area contributed by atoms with Gasteiger partial charge in [-0.1, -0.05) is 22.0 Å². The fourth-order valence-corrected chi connectivity index (χ4v) is 2.55. The van der Waals surface area contributed by atoms with Crippen molar-refractivity contribution in [1.82, 2.24) is 4.98 Å². The van der Waals surface area contributed by atoms with Gasteiger partial charge in [0.15, 0.2) is 0 Å². The van der Waals surface area contributed by atoms with Gasteiger partial charge in [0.05, 0.1) is 7.11 Å². The van der Waals surface area contributed by atoms with Crippen molar-refractivity contribution in [3.63, 3.8) is 0 Å². The highest BCUT2D eigenvalue weighted by Gasteiger charge is 2.09. The molecule has 3 rings (SSSR count). The van der Waals surface area contributed by atoms with E-state index in [1.807, 2.05) is 24.3 Å². The number of rotatable bonds is 3. The second-order valence-corrected chi connectivity index (χ2v) is 5.29. The summed E-state index contributed by atoms with van der Waals surface area (Å²) in [6, 6.07) is 11.8. The highest BCUT2D eigenvalue weighted by molar-refractivity contribution is 9.10. The number of nitrogens with zero attached hydrogens (tertiary/aromatic N) is 1. The topological polar surface area (TPSA) is 31.4 Å². The van der Waals surface area contributed by atoms with Gasteiger partial charge in [-0.3, -0.25) is 0 Å². The average molecular weight is 348 g/mol. The van der Waals surface area contributed by atoms with E-state index in [1.165, 1.54) is 12.1 Å². The molecule has 5 heteroatoms. The van der Waals surface area contributed by atoms with Crippen LogP contribution in [-0.2, 0) is 0 Å². The Morgan fingerprint density at radius 3 is 2.71 bits per heavy atom. The third-order valence-electron chi connectivity index (χ3n) is 3.00. The molecule has 0 atom stereocenters.